The molecule has 1 unspecified atom stereocenters. The van der Waals surface area contributed by atoms with Crippen molar-refractivity contribution in [3.63, 3.8) is 0 Å². The minimum atomic E-state index is -1.54. The van der Waals surface area contributed by atoms with Crippen LogP contribution in [-0.2, 0) is 27.2 Å². The van der Waals surface area contributed by atoms with Gasteiger partial charge < -0.3 is 30.3 Å². The molecule has 4 rings (SSSR count). The molecule has 198 valence electrons. The minimum absolute atomic E-state index is 0.0121. The summed E-state index contributed by atoms with van der Waals surface area (Å²) in [6, 6.07) is 11.4. The number of carboxylic acid groups (broad SMARTS) is 1. The molecule has 13 heteroatoms. The molecule has 0 aliphatic carbocycles. The Hall–Kier alpha value is -4.39. The van der Waals surface area contributed by atoms with Gasteiger partial charge in [0.05, 0.1) is 11.5 Å². The Morgan fingerprint density at radius 3 is 2.50 bits per heavy atom. The van der Waals surface area contributed by atoms with E-state index in [9.17, 15) is 34.1 Å². The number of amides is 5. The highest BCUT2D eigenvalue weighted by Crippen LogP contribution is 2.30. The third kappa shape index (κ3) is 5.62. The maximum Gasteiger partial charge on any atom is 0.547 e. The zero-order chi connectivity index (χ0) is 27.4. The summed E-state index contributed by atoms with van der Waals surface area (Å²) < 4.78 is 5.44. The molecule has 2 aliphatic heterocycles. The van der Waals surface area contributed by atoms with Crippen LogP contribution in [0.15, 0.2) is 48.5 Å². The number of rotatable bonds is 7. The van der Waals surface area contributed by atoms with Gasteiger partial charge in [0.2, 0.25) is 5.91 Å². The Morgan fingerprint density at radius 2 is 1.82 bits per heavy atom. The van der Waals surface area contributed by atoms with Crippen LogP contribution in [-0.4, -0.2) is 88.4 Å². The summed E-state index contributed by atoms with van der Waals surface area (Å²) in [6.45, 7) is 2.24. The van der Waals surface area contributed by atoms with E-state index in [0.29, 0.717) is 12.1 Å². The number of carbonyl (C=O) groups is 5. The van der Waals surface area contributed by atoms with E-state index in [1.807, 2.05) is 0 Å². The number of aromatic carboxylic acids is 1. The third-order valence-corrected chi connectivity index (χ3v) is 6.51. The lowest BCUT2D eigenvalue weighted by Crippen LogP contribution is -2.62. The largest absolute Gasteiger partial charge is 0.547 e. The van der Waals surface area contributed by atoms with Crippen molar-refractivity contribution in [1.82, 2.24) is 20.4 Å². The molecular formula is C25H27BN4O8. The van der Waals surface area contributed by atoms with Gasteiger partial charge in [-0.05, 0) is 30.5 Å². The summed E-state index contributed by atoms with van der Waals surface area (Å²) in [5.74, 6) is -4.54. The average molecular weight is 522 g/mol. The molecule has 0 radical (unpaired) electrons. The van der Waals surface area contributed by atoms with E-state index in [1.54, 1.807) is 43.3 Å². The van der Waals surface area contributed by atoms with Crippen LogP contribution < -0.4 is 15.3 Å². The number of nitrogens with one attached hydrogen (secondary N) is 2. The molecule has 2 atom stereocenters. The number of urea groups is 1. The van der Waals surface area contributed by atoms with Crippen LogP contribution in [0.3, 0.4) is 0 Å². The topological polar surface area (TPSA) is 166 Å². The Bertz CT molecular complexity index is 1260. The number of likely N-dealkylation sites (N-methyl/N-ethyl adjacent to an activating group) is 1. The predicted molar refractivity (Wildman–Crippen MR) is 134 cm³/mol. The number of hydrogen-bond acceptors (Lipinski definition) is 7. The number of fused-ring (bicyclic) bond motifs is 1. The Balaban J connectivity index is 1.51. The highest BCUT2D eigenvalue weighted by atomic mass is 16.5. The second-order valence-electron chi connectivity index (χ2n) is 8.96. The molecule has 38 heavy (non-hydrogen) atoms. The zero-order valence-corrected chi connectivity index (χ0v) is 20.6. The average Bonchev–Trinajstić information content (AvgIpc) is 2.90. The second kappa shape index (κ2) is 11.3. The number of imide groups is 1. The van der Waals surface area contributed by atoms with Gasteiger partial charge in [0, 0.05) is 26.1 Å². The van der Waals surface area contributed by atoms with Gasteiger partial charge in [0.15, 0.2) is 0 Å². The summed E-state index contributed by atoms with van der Waals surface area (Å²) in [4.78, 5) is 64.7. The Morgan fingerprint density at radius 1 is 1.08 bits per heavy atom. The summed E-state index contributed by atoms with van der Waals surface area (Å²) in [6.07, 6.45) is 0.153. The van der Waals surface area contributed by atoms with E-state index in [-0.39, 0.29) is 37.2 Å². The van der Waals surface area contributed by atoms with Crippen molar-refractivity contribution >= 4 is 36.8 Å². The number of nitrogens with zero attached hydrogens (tertiary/aromatic N) is 2. The Kier molecular flexibility index (Phi) is 7.96. The molecule has 2 aromatic carbocycles. The first kappa shape index (κ1) is 26.7. The fourth-order valence-corrected chi connectivity index (χ4v) is 4.46. The minimum Gasteiger partial charge on any atom is -0.534 e. The monoisotopic (exact) mass is 522 g/mol. The lowest BCUT2D eigenvalue weighted by Gasteiger charge is -2.33. The molecule has 1 fully saturated rings. The molecule has 2 aromatic rings. The SMILES string of the molecule is CCN1CCN(C(=O)NC(Cc2ccccc2)C(=O)N[C@H]2Cc3cccc(C(=O)O)c3OB2O)C(=O)C1=O. The van der Waals surface area contributed by atoms with E-state index < -0.39 is 48.8 Å². The van der Waals surface area contributed by atoms with Gasteiger partial charge in [-0.25, -0.2) is 9.59 Å². The van der Waals surface area contributed by atoms with E-state index >= 15 is 0 Å². The van der Waals surface area contributed by atoms with Crippen molar-refractivity contribution in [1.29, 1.82) is 0 Å². The molecule has 0 bridgehead atoms. The Labute approximate surface area is 218 Å². The first-order valence-electron chi connectivity index (χ1n) is 12.1. The van der Waals surface area contributed by atoms with E-state index in [4.69, 9.17) is 4.65 Å². The lowest BCUT2D eigenvalue weighted by atomic mass is 9.72. The van der Waals surface area contributed by atoms with Crippen LogP contribution in [0.4, 0.5) is 4.79 Å². The predicted octanol–water partition coefficient (Wildman–Crippen LogP) is -0.164. The third-order valence-electron chi connectivity index (χ3n) is 6.51. The maximum atomic E-state index is 13.3. The molecule has 0 saturated carbocycles. The van der Waals surface area contributed by atoms with Crippen molar-refractivity contribution in [2.24, 2.45) is 0 Å². The summed E-state index contributed by atoms with van der Waals surface area (Å²) in [5, 5.41) is 25.1. The van der Waals surface area contributed by atoms with Crippen molar-refractivity contribution in [3.05, 3.63) is 65.2 Å². The molecule has 2 aliphatic rings. The van der Waals surface area contributed by atoms with Crippen LogP contribution >= 0.6 is 0 Å². The van der Waals surface area contributed by atoms with E-state index in [0.717, 1.165) is 10.5 Å². The van der Waals surface area contributed by atoms with Crippen molar-refractivity contribution in [2.75, 3.05) is 19.6 Å². The van der Waals surface area contributed by atoms with Crippen LogP contribution in [0.1, 0.15) is 28.4 Å². The van der Waals surface area contributed by atoms with Crippen LogP contribution in [0.25, 0.3) is 0 Å². The lowest BCUT2D eigenvalue weighted by molar-refractivity contribution is -0.153. The van der Waals surface area contributed by atoms with Gasteiger partial charge in [-0.1, -0.05) is 42.5 Å². The molecular weight excluding hydrogens is 495 g/mol. The highest BCUT2D eigenvalue weighted by molar-refractivity contribution is 6.47. The number of piperazine rings is 1. The van der Waals surface area contributed by atoms with Gasteiger partial charge >= 0.3 is 30.9 Å². The van der Waals surface area contributed by atoms with Gasteiger partial charge in [-0.15, -0.1) is 0 Å². The number of benzene rings is 2. The molecule has 0 aromatic heterocycles. The van der Waals surface area contributed by atoms with E-state index in [2.05, 4.69) is 10.6 Å². The first-order valence-corrected chi connectivity index (χ1v) is 12.1. The quantitative estimate of drug-likeness (QED) is 0.288. The fraction of sp³-hybridized carbons (Fsp3) is 0.320. The second-order valence-corrected chi connectivity index (χ2v) is 8.96. The van der Waals surface area contributed by atoms with Crippen LogP contribution in [0, 0.1) is 0 Å². The van der Waals surface area contributed by atoms with E-state index in [1.165, 1.54) is 17.0 Å². The summed E-state index contributed by atoms with van der Waals surface area (Å²) >= 11 is 0. The molecule has 5 amide bonds. The number of carbonyl (C=O) groups excluding carboxylic acids is 4. The molecule has 12 nitrogen and oxygen atoms in total. The summed E-state index contributed by atoms with van der Waals surface area (Å²) in [7, 11) is -1.54. The normalized spacial score (nSPS) is 17.8. The van der Waals surface area contributed by atoms with Gasteiger partial charge in [-0.3, -0.25) is 19.3 Å². The van der Waals surface area contributed by atoms with Crippen LogP contribution in [0.2, 0.25) is 0 Å². The number of hydrogen-bond donors (Lipinski definition) is 4. The molecule has 1 saturated heterocycles. The van der Waals surface area contributed by atoms with Gasteiger partial charge in [0.1, 0.15) is 11.8 Å². The summed E-state index contributed by atoms with van der Waals surface area (Å²) in [5.41, 5.74) is 1.10. The molecule has 2 heterocycles. The fourth-order valence-electron chi connectivity index (χ4n) is 4.46. The highest BCUT2D eigenvalue weighted by Gasteiger charge is 2.40. The van der Waals surface area contributed by atoms with Crippen molar-refractivity contribution in [3.8, 4) is 5.75 Å². The number of carboxylic acids is 1. The van der Waals surface area contributed by atoms with Crippen molar-refractivity contribution < 1.29 is 38.8 Å². The first-order chi connectivity index (χ1) is 18.2. The molecule has 0 spiro atoms. The standard InChI is InChI=1S/C25H27BN4O8/c1-2-29-11-12-30(23(33)22(29)32)25(36)27-18(13-15-7-4-3-5-8-15)21(31)28-19-14-16-9-6-10-17(24(34)35)20(16)38-26(19)37/h3-10,18-19,37H,2,11-14H2,1H3,(H,27,36)(H,28,31)(H,34,35)/t18?,19-/m0/s1. The number of para-hydroxylation sites is 1. The van der Waals surface area contributed by atoms with Crippen LogP contribution in [0.5, 0.6) is 5.75 Å². The van der Waals surface area contributed by atoms with Gasteiger partial charge in [-0.2, -0.15) is 0 Å². The maximum absolute atomic E-state index is 13.3. The smallest absolute Gasteiger partial charge is 0.534 e. The van der Waals surface area contributed by atoms with Crippen molar-refractivity contribution in [2.45, 2.75) is 31.7 Å². The molecule has 4 N–H and O–H groups in total. The zero-order valence-electron chi connectivity index (χ0n) is 20.6. The van der Waals surface area contributed by atoms with Gasteiger partial charge in [0.25, 0.3) is 0 Å².